The van der Waals surface area contributed by atoms with Crippen LogP contribution in [0.2, 0.25) is 0 Å². The van der Waals surface area contributed by atoms with Crippen molar-refractivity contribution < 1.29 is 14.6 Å². The van der Waals surface area contributed by atoms with E-state index >= 15 is 0 Å². The molecule has 4 aromatic rings. The van der Waals surface area contributed by atoms with Crippen molar-refractivity contribution in [2.75, 3.05) is 19.5 Å². The molecule has 1 heterocycles. The van der Waals surface area contributed by atoms with Gasteiger partial charge in [0.2, 0.25) is 0 Å². The van der Waals surface area contributed by atoms with Crippen LogP contribution in [0.5, 0.6) is 5.75 Å². The normalized spacial score (nSPS) is 10.4. The molecule has 0 radical (unpaired) electrons. The SMILES string of the molecule is CCOc1c(N)cc(-c2cccc3ccccc23)c2nc(C=O)ccc12.CO. The van der Waals surface area contributed by atoms with Gasteiger partial charge in [-0.15, -0.1) is 0 Å². The van der Waals surface area contributed by atoms with Crippen LogP contribution in [0.25, 0.3) is 32.8 Å². The number of carbonyl (C=O) groups is 1. The number of fused-ring (bicyclic) bond motifs is 2. The minimum Gasteiger partial charge on any atom is -0.491 e. The minimum atomic E-state index is 0.381. The Morgan fingerprint density at radius 3 is 2.50 bits per heavy atom. The summed E-state index contributed by atoms with van der Waals surface area (Å²) in [7, 11) is 1.00. The maximum absolute atomic E-state index is 11.3. The van der Waals surface area contributed by atoms with Crippen LogP contribution in [-0.4, -0.2) is 30.1 Å². The summed E-state index contributed by atoms with van der Waals surface area (Å²) in [6.45, 7) is 2.42. The first kappa shape index (κ1) is 19.3. The lowest BCUT2D eigenvalue weighted by molar-refractivity contribution is 0.111. The van der Waals surface area contributed by atoms with E-state index in [2.05, 4.69) is 23.2 Å². The van der Waals surface area contributed by atoms with E-state index in [1.165, 1.54) is 0 Å². The van der Waals surface area contributed by atoms with Gasteiger partial charge in [-0.2, -0.15) is 0 Å². The molecule has 3 N–H and O–H groups in total. The highest BCUT2D eigenvalue weighted by Gasteiger charge is 2.16. The van der Waals surface area contributed by atoms with E-state index in [4.69, 9.17) is 15.6 Å². The Morgan fingerprint density at radius 1 is 1.00 bits per heavy atom. The molecule has 0 fully saturated rings. The Labute approximate surface area is 163 Å². The molecule has 142 valence electrons. The number of carbonyl (C=O) groups excluding carboxylic acids is 1. The molecule has 0 spiro atoms. The van der Waals surface area contributed by atoms with E-state index in [1.807, 2.05) is 43.3 Å². The van der Waals surface area contributed by atoms with Gasteiger partial charge >= 0.3 is 0 Å². The summed E-state index contributed by atoms with van der Waals surface area (Å²) in [6, 6.07) is 19.7. The highest BCUT2D eigenvalue weighted by atomic mass is 16.5. The van der Waals surface area contributed by atoms with Crippen LogP contribution in [0.3, 0.4) is 0 Å². The monoisotopic (exact) mass is 374 g/mol. The molecule has 4 rings (SSSR count). The number of hydrogen-bond donors (Lipinski definition) is 2. The van der Waals surface area contributed by atoms with Gasteiger partial charge in [-0.25, -0.2) is 4.98 Å². The van der Waals surface area contributed by atoms with Crippen LogP contribution >= 0.6 is 0 Å². The van der Waals surface area contributed by atoms with Gasteiger partial charge in [0.1, 0.15) is 5.69 Å². The number of aliphatic hydroxyl groups is 1. The molecule has 3 aromatic carbocycles. The molecule has 5 heteroatoms. The van der Waals surface area contributed by atoms with E-state index in [0.29, 0.717) is 29.3 Å². The van der Waals surface area contributed by atoms with E-state index in [0.717, 1.165) is 40.7 Å². The Balaban J connectivity index is 0.00000109. The summed E-state index contributed by atoms with van der Waals surface area (Å²) in [5.41, 5.74) is 9.87. The molecule has 0 aliphatic carbocycles. The molecule has 0 aliphatic heterocycles. The number of aldehydes is 1. The standard InChI is InChI=1S/C22H18N2O2.CH4O/c1-2-26-22-18-11-10-15(13-25)24-21(18)19(12-20(22)23)17-9-5-7-14-6-3-4-8-16(14)17;1-2/h3-13H,2,23H2,1H3;2H,1H3. The van der Waals surface area contributed by atoms with Crippen molar-refractivity contribution in [1.29, 1.82) is 0 Å². The summed E-state index contributed by atoms with van der Waals surface area (Å²) >= 11 is 0. The Morgan fingerprint density at radius 2 is 1.75 bits per heavy atom. The molecular formula is C23H22N2O3. The van der Waals surface area contributed by atoms with Gasteiger partial charge < -0.3 is 15.6 Å². The Bertz CT molecular complexity index is 1130. The largest absolute Gasteiger partial charge is 0.491 e. The second kappa shape index (κ2) is 8.50. The third-order valence-electron chi connectivity index (χ3n) is 4.47. The van der Waals surface area contributed by atoms with Crippen molar-refractivity contribution in [3.8, 4) is 16.9 Å². The first-order valence-electron chi connectivity index (χ1n) is 8.97. The number of hydrogen-bond acceptors (Lipinski definition) is 5. The summed E-state index contributed by atoms with van der Waals surface area (Å²) in [5, 5.41) is 10.1. The van der Waals surface area contributed by atoms with Gasteiger partial charge in [-0.05, 0) is 41.5 Å². The first-order valence-corrected chi connectivity index (χ1v) is 8.97. The topological polar surface area (TPSA) is 85.4 Å². The van der Waals surface area contributed by atoms with Gasteiger partial charge in [0.25, 0.3) is 0 Å². The number of nitrogens with two attached hydrogens (primary N) is 1. The molecule has 0 saturated carbocycles. The highest BCUT2D eigenvalue weighted by Crippen LogP contribution is 2.40. The average Bonchev–Trinajstić information content (AvgIpc) is 2.76. The maximum Gasteiger partial charge on any atom is 0.168 e. The van der Waals surface area contributed by atoms with Gasteiger partial charge in [0.15, 0.2) is 12.0 Å². The van der Waals surface area contributed by atoms with E-state index in [9.17, 15) is 4.79 Å². The second-order valence-corrected chi connectivity index (χ2v) is 6.05. The Kier molecular flexibility index (Phi) is 5.87. The zero-order chi connectivity index (χ0) is 20.1. The third-order valence-corrected chi connectivity index (χ3v) is 4.47. The molecule has 0 atom stereocenters. The quantitative estimate of drug-likeness (QED) is 0.407. The number of nitrogens with zero attached hydrogens (tertiary/aromatic N) is 1. The number of aliphatic hydroxyl groups excluding tert-OH is 1. The van der Waals surface area contributed by atoms with E-state index < -0.39 is 0 Å². The van der Waals surface area contributed by atoms with Gasteiger partial charge in [0.05, 0.1) is 17.8 Å². The Hall–Kier alpha value is -3.44. The van der Waals surface area contributed by atoms with Crippen LogP contribution in [0.15, 0.2) is 60.7 Å². The lowest BCUT2D eigenvalue weighted by atomic mass is 9.95. The second-order valence-electron chi connectivity index (χ2n) is 6.05. The molecule has 0 amide bonds. The van der Waals surface area contributed by atoms with E-state index in [-0.39, 0.29) is 0 Å². The number of pyridine rings is 1. The summed E-state index contributed by atoms with van der Waals surface area (Å²) in [4.78, 5) is 15.8. The van der Waals surface area contributed by atoms with Crippen LogP contribution in [-0.2, 0) is 0 Å². The summed E-state index contributed by atoms with van der Waals surface area (Å²) < 4.78 is 5.75. The van der Waals surface area contributed by atoms with Crippen molar-refractivity contribution in [2.45, 2.75) is 6.92 Å². The van der Waals surface area contributed by atoms with Gasteiger partial charge in [0, 0.05) is 18.1 Å². The molecule has 5 nitrogen and oxygen atoms in total. The average molecular weight is 374 g/mol. The molecule has 0 aliphatic rings. The molecule has 0 bridgehead atoms. The highest BCUT2D eigenvalue weighted by molar-refractivity contribution is 6.08. The molecule has 1 aromatic heterocycles. The van der Waals surface area contributed by atoms with Gasteiger partial charge in [-0.3, -0.25) is 4.79 Å². The number of benzene rings is 3. The van der Waals surface area contributed by atoms with Crippen molar-refractivity contribution in [1.82, 2.24) is 4.98 Å². The molecule has 0 saturated heterocycles. The van der Waals surface area contributed by atoms with E-state index in [1.54, 1.807) is 6.07 Å². The lowest BCUT2D eigenvalue weighted by Gasteiger charge is -2.15. The number of ether oxygens (including phenoxy) is 1. The van der Waals surface area contributed by atoms with Gasteiger partial charge in [-0.1, -0.05) is 42.5 Å². The van der Waals surface area contributed by atoms with Crippen LogP contribution in [0.1, 0.15) is 17.4 Å². The number of rotatable bonds is 4. The number of aromatic nitrogens is 1. The summed E-state index contributed by atoms with van der Waals surface area (Å²) in [6.07, 6.45) is 0.753. The van der Waals surface area contributed by atoms with Crippen LogP contribution < -0.4 is 10.5 Å². The van der Waals surface area contributed by atoms with Crippen LogP contribution in [0, 0.1) is 0 Å². The van der Waals surface area contributed by atoms with Crippen molar-refractivity contribution >= 4 is 33.6 Å². The molecule has 0 unspecified atom stereocenters. The summed E-state index contributed by atoms with van der Waals surface area (Å²) in [5.74, 6) is 0.608. The third kappa shape index (κ3) is 3.40. The van der Waals surface area contributed by atoms with Crippen LogP contribution in [0.4, 0.5) is 5.69 Å². The van der Waals surface area contributed by atoms with Crippen molar-refractivity contribution in [2.24, 2.45) is 0 Å². The lowest BCUT2D eigenvalue weighted by Crippen LogP contribution is -2.01. The molecule has 28 heavy (non-hydrogen) atoms. The predicted octanol–water partition coefficient (Wildman–Crippen LogP) is 4.46. The minimum absolute atomic E-state index is 0.381. The predicted molar refractivity (Wildman–Crippen MR) is 114 cm³/mol. The first-order chi connectivity index (χ1) is 13.7. The van der Waals surface area contributed by atoms with Crippen molar-refractivity contribution in [3.63, 3.8) is 0 Å². The molecular weight excluding hydrogens is 352 g/mol. The number of anilines is 1. The maximum atomic E-state index is 11.3. The number of nitrogen functional groups attached to an aromatic ring is 1. The smallest absolute Gasteiger partial charge is 0.168 e. The fourth-order valence-electron chi connectivity index (χ4n) is 3.34. The fraction of sp³-hybridized carbons (Fsp3) is 0.130. The van der Waals surface area contributed by atoms with Crippen molar-refractivity contribution in [3.05, 3.63) is 66.4 Å². The zero-order valence-corrected chi connectivity index (χ0v) is 15.8. The zero-order valence-electron chi connectivity index (χ0n) is 15.8. The fourth-order valence-corrected chi connectivity index (χ4v) is 3.34.